The molecule has 1 fully saturated rings. The molecule has 136 valence electrons. The summed E-state index contributed by atoms with van der Waals surface area (Å²) in [5, 5.41) is 14.4. The fourth-order valence-corrected chi connectivity index (χ4v) is 3.55. The number of hydrogen-bond acceptors (Lipinski definition) is 3. The average Bonchev–Trinajstić information content (AvgIpc) is 3.36. The van der Waals surface area contributed by atoms with Crippen molar-refractivity contribution >= 4 is 34.8 Å². The van der Waals surface area contributed by atoms with Crippen molar-refractivity contribution in [2.45, 2.75) is 39.2 Å². The van der Waals surface area contributed by atoms with Gasteiger partial charge in [0.1, 0.15) is 0 Å². The molecule has 2 aromatic rings. The van der Waals surface area contributed by atoms with Crippen LogP contribution in [-0.2, 0) is 6.42 Å². The summed E-state index contributed by atoms with van der Waals surface area (Å²) >= 11 is 12.5. The van der Waals surface area contributed by atoms with Gasteiger partial charge in [0.25, 0.3) is 11.6 Å². The van der Waals surface area contributed by atoms with Crippen LogP contribution >= 0.6 is 23.2 Å². The topological polar surface area (TPSA) is 72.2 Å². The van der Waals surface area contributed by atoms with Crippen LogP contribution in [0.3, 0.4) is 0 Å². The molecular formula is C19H18Cl2N2O3. The Morgan fingerprint density at radius 3 is 2.12 bits per heavy atom. The van der Waals surface area contributed by atoms with Gasteiger partial charge in [-0.1, -0.05) is 23.2 Å². The number of halogens is 2. The van der Waals surface area contributed by atoms with Gasteiger partial charge in [-0.25, -0.2) is 0 Å². The summed E-state index contributed by atoms with van der Waals surface area (Å²) in [4.78, 5) is 22.7. The monoisotopic (exact) mass is 392 g/mol. The number of carbonyl (C=O) groups excluding carboxylic acids is 1. The Hall–Kier alpha value is -2.11. The van der Waals surface area contributed by atoms with E-state index in [1.54, 1.807) is 0 Å². The van der Waals surface area contributed by atoms with Crippen LogP contribution in [-0.4, -0.2) is 16.9 Å². The lowest BCUT2D eigenvalue weighted by Crippen LogP contribution is -2.25. The van der Waals surface area contributed by atoms with Crippen LogP contribution in [0.15, 0.2) is 24.3 Å². The van der Waals surface area contributed by atoms with Crippen LogP contribution in [0.25, 0.3) is 0 Å². The number of non-ortho nitro benzene ring substituents is 1. The normalized spacial score (nSPS) is 13.5. The molecule has 0 atom stereocenters. The van der Waals surface area contributed by atoms with Crippen LogP contribution in [0.2, 0.25) is 10.0 Å². The Labute approximate surface area is 161 Å². The molecule has 7 heteroatoms. The first-order valence-corrected chi connectivity index (χ1v) is 9.05. The molecule has 5 nitrogen and oxygen atoms in total. The number of nitro groups is 1. The number of nitrogens with one attached hydrogen (secondary N) is 1. The third-order valence-electron chi connectivity index (χ3n) is 4.56. The third kappa shape index (κ3) is 4.00. The maximum absolute atomic E-state index is 12.3. The van der Waals surface area contributed by atoms with Gasteiger partial charge in [0.15, 0.2) is 0 Å². The van der Waals surface area contributed by atoms with Gasteiger partial charge >= 0.3 is 0 Å². The van der Waals surface area contributed by atoms with E-state index in [9.17, 15) is 14.9 Å². The Bertz CT molecular complexity index is 862. The van der Waals surface area contributed by atoms with Crippen molar-refractivity contribution in [3.8, 4) is 0 Å². The average molecular weight is 393 g/mol. The molecule has 0 aliphatic heterocycles. The molecule has 26 heavy (non-hydrogen) atoms. The van der Waals surface area contributed by atoms with Crippen LogP contribution in [0, 0.1) is 24.0 Å². The molecule has 0 spiro atoms. The van der Waals surface area contributed by atoms with Crippen molar-refractivity contribution in [2.75, 3.05) is 0 Å². The minimum absolute atomic E-state index is 0.0587. The Kier molecular flexibility index (Phi) is 5.21. The molecule has 0 saturated heterocycles. The number of nitrogens with zero attached hydrogens (tertiary/aromatic N) is 1. The van der Waals surface area contributed by atoms with Crippen LogP contribution in [0.1, 0.15) is 45.5 Å². The number of carbonyl (C=O) groups is 1. The second-order valence-corrected chi connectivity index (χ2v) is 7.47. The maximum atomic E-state index is 12.3. The van der Waals surface area contributed by atoms with E-state index < -0.39 is 4.92 Å². The molecule has 1 saturated carbocycles. The molecule has 1 amide bonds. The minimum Gasteiger partial charge on any atom is -0.349 e. The van der Waals surface area contributed by atoms with Crippen molar-refractivity contribution in [1.82, 2.24) is 5.32 Å². The summed E-state index contributed by atoms with van der Waals surface area (Å²) < 4.78 is 0. The van der Waals surface area contributed by atoms with Gasteiger partial charge in [-0.05, 0) is 61.1 Å². The molecule has 0 radical (unpaired) electrons. The van der Waals surface area contributed by atoms with E-state index >= 15 is 0 Å². The smallest absolute Gasteiger partial charge is 0.272 e. The third-order valence-corrected chi connectivity index (χ3v) is 5.24. The summed E-state index contributed by atoms with van der Waals surface area (Å²) in [6.45, 7) is 3.87. The van der Waals surface area contributed by atoms with Crippen molar-refractivity contribution in [3.63, 3.8) is 0 Å². The predicted octanol–water partition coefficient (Wildman–Crippen LogP) is 5.00. The first-order valence-electron chi connectivity index (χ1n) is 8.29. The van der Waals surface area contributed by atoms with E-state index in [2.05, 4.69) is 5.32 Å². The second-order valence-electron chi connectivity index (χ2n) is 6.66. The zero-order valence-corrected chi connectivity index (χ0v) is 15.9. The fraction of sp³-hybridized carbons (Fsp3) is 0.316. The molecular weight excluding hydrogens is 375 g/mol. The molecule has 1 aliphatic carbocycles. The lowest BCUT2D eigenvalue weighted by atomic mass is 9.93. The van der Waals surface area contributed by atoms with Crippen molar-refractivity contribution in [3.05, 3.63) is 72.2 Å². The van der Waals surface area contributed by atoms with Gasteiger partial charge in [0, 0.05) is 30.2 Å². The fourth-order valence-electron chi connectivity index (χ4n) is 2.94. The summed E-state index contributed by atoms with van der Waals surface area (Å²) in [6, 6.07) is 6.64. The minimum atomic E-state index is -0.523. The summed E-state index contributed by atoms with van der Waals surface area (Å²) in [5.74, 6) is -0.0587. The lowest BCUT2D eigenvalue weighted by Gasteiger charge is -2.14. The number of hydrogen-bond donors (Lipinski definition) is 1. The number of benzene rings is 2. The van der Waals surface area contributed by atoms with Gasteiger partial charge < -0.3 is 5.32 Å². The molecule has 0 unspecified atom stereocenters. The quantitative estimate of drug-likeness (QED) is 0.574. The highest BCUT2D eigenvalue weighted by Gasteiger charge is 2.24. The van der Waals surface area contributed by atoms with E-state index in [0.29, 0.717) is 23.6 Å². The SMILES string of the molecule is Cc1cc(C(=O)NC2CC2)cc(C)c1Cc1c(Cl)cc([N+](=O)[O-])cc1Cl. The highest BCUT2D eigenvalue weighted by molar-refractivity contribution is 6.36. The molecule has 0 bridgehead atoms. The highest BCUT2D eigenvalue weighted by atomic mass is 35.5. The molecule has 0 aromatic heterocycles. The highest BCUT2D eigenvalue weighted by Crippen LogP contribution is 2.33. The van der Waals surface area contributed by atoms with E-state index in [1.807, 2.05) is 26.0 Å². The van der Waals surface area contributed by atoms with E-state index in [1.165, 1.54) is 12.1 Å². The van der Waals surface area contributed by atoms with E-state index in [0.717, 1.165) is 29.5 Å². The zero-order chi connectivity index (χ0) is 19.0. The van der Waals surface area contributed by atoms with Crippen molar-refractivity contribution in [2.24, 2.45) is 0 Å². The Morgan fingerprint density at radius 1 is 1.12 bits per heavy atom. The van der Waals surface area contributed by atoms with Crippen molar-refractivity contribution in [1.29, 1.82) is 0 Å². The first-order chi connectivity index (χ1) is 12.3. The van der Waals surface area contributed by atoms with E-state index in [4.69, 9.17) is 23.2 Å². The molecule has 2 aromatic carbocycles. The number of aryl methyl sites for hydroxylation is 2. The Balaban J connectivity index is 1.90. The second kappa shape index (κ2) is 7.25. The first kappa shape index (κ1) is 18.7. The molecule has 1 N–H and O–H groups in total. The van der Waals surface area contributed by atoms with Gasteiger partial charge in [-0.2, -0.15) is 0 Å². The summed E-state index contributed by atoms with van der Waals surface area (Å²) in [6.07, 6.45) is 2.52. The van der Waals surface area contributed by atoms with Crippen LogP contribution in [0.4, 0.5) is 5.69 Å². The van der Waals surface area contributed by atoms with Crippen LogP contribution < -0.4 is 5.32 Å². The van der Waals surface area contributed by atoms with Gasteiger partial charge in [0.05, 0.1) is 15.0 Å². The standard InChI is InChI=1S/C19H18Cl2N2O3/c1-10-5-12(19(24)22-13-3-4-13)6-11(2)15(10)9-16-17(20)7-14(23(25)26)8-18(16)21/h5-8,13H,3-4,9H2,1-2H3,(H,22,24). The van der Waals surface area contributed by atoms with Crippen LogP contribution in [0.5, 0.6) is 0 Å². The van der Waals surface area contributed by atoms with Gasteiger partial charge in [-0.3, -0.25) is 14.9 Å². The number of rotatable bonds is 5. The molecule has 0 heterocycles. The number of nitro benzene ring substituents is 1. The largest absolute Gasteiger partial charge is 0.349 e. The molecule has 3 rings (SSSR count). The van der Waals surface area contributed by atoms with Crippen molar-refractivity contribution < 1.29 is 9.72 Å². The zero-order valence-electron chi connectivity index (χ0n) is 14.4. The summed E-state index contributed by atoms with van der Waals surface area (Å²) in [7, 11) is 0. The lowest BCUT2D eigenvalue weighted by molar-refractivity contribution is -0.384. The van der Waals surface area contributed by atoms with E-state index in [-0.39, 0.29) is 21.6 Å². The Morgan fingerprint density at radius 2 is 1.65 bits per heavy atom. The molecule has 1 aliphatic rings. The van der Waals surface area contributed by atoms with Gasteiger partial charge in [-0.15, -0.1) is 0 Å². The predicted molar refractivity (Wildman–Crippen MR) is 102 cm³/mol. The van der Waals surface area contributed by atoms with Gasteiger partial charge in [0.2, 0.25) is 0 Å². The summed E-state index contributed by atoms with van der Waals surface area (Å²) in [5.41, 5.74) is 4.06. The number of amides is 1. The maximum Gasteiger partial charge on any atom is 0.272 e.